The number of halogens is 4. The quantitative estimate of drug-likeness (QED) is 0.933. The summed E-state index contributed by atoms with van der Waals surface area (Å²) in [5.74, 6) is 0. The molecular formula is C13H12ClF3N2. The summed E-state index contributed by atoms with van der Waals surface area (Å²) in [5.41, 5.74) is 5.12. The maximum absolute atomic E-state index is 13.0. The summed E-state index contributed by atoms with van der Waals surface area (Å²) >= 11 is 5.71. The minimum Gasteiger partial charge on any atom is -0.330 e. The van der Waals surface area contributed by atoms with Crippen molar-refractivity contribution < 1.29 is 13.2 Å². The predicted molar refractivity (Wildman–Crippen MR) is 69.1 cm³/mol. The van der Waals surface area contributed by atoms with Crippen molar-refractivity contribution in [3.05, 3.63) is 40.5 Å². The lowest BCUT2D eigenvalue weighted by Crippen LogP contribution is -2.08. The lowest BCUT2D eigenvalue weighted by Gasteiger charge is -2.11. The van der Waals surface area contributed by atoms with Gasteiger partial charge in [-0.3, -0.25) is 4.98 Å². The molecule has 6 heteroatoms. The van der Waals surface area contributed by atoms with Crippen molar-refractivity contribution in [1.29, 1.82) is 0 Å². The van der Waals surface area contributed by atoms with Crippen LogP contribution in [0.2, 0.25) is 5.02 Å². The van der Waals surface area contributed by atoms with Gasteiger partial charge in [0.1, 0.15) is 0 Å². The van der Waals surface area contributed by atoms with E-state index in [2.05, 4.69) is 4.98 Å². The Morgan fingerprint density at radius 1 is 1.21 bits per heavy atom. The molecule has 0 fully saturated rings. The van der Waals surface area contributed by atoms with Gasteiger partial charge < -0.3 is 5.73 Å². The van der Waals surface area contributed by atoms with Gasteiger partial charge in [0.15, 0.2) is 0 Å². The molecule has 0 amide bonds. The predicted octanol–water partition coefficient (Wildman–Crippen LogP) is 3.80. The van der Waals surface area contributed by atoms with E-state index in [4.69, 9.17) is 17.3 Å². The van der Waals surface area contributed by atoms with Gasteiger partial charge in [0.05, 0.1) is 11.1 Å². The Balaban J connectivity index is 2.58. The molecule has 0 radical (unpaired) electrons. The molecule has 2 aromatic rings. The van der Waals surface area contributed by atoms with Crippen LogP contribution in [-0.4, -0.2) is 11.5 Å². The second-order valence-corrected chi connectivity index (χ2v) is 4.65. The lowest BCUT2D eigenvalue weighted by molar-refractivity contribution is -0.136. The average Bonchev–Trinajstić information content (AvgIpc) is 2.34. The zero-order valence-corrected chi connectivity index (χ0v) is 10.7. The fraction of sp³-hybridized carbons (Fsp3) is 0.308. The standard InChI is InChI=1S/C13H12ClF3N2/c14-9-6-8-3-4-10(2-1-5-18)19-12(8)11(7-9)13(15,16)17/h3-4,6-7H,1-2,5,18H2. The van der Waals surface area contributed by atoms with Crippen molar-refractivity contribution in [3.8, 4) is 0 Å². The number of benzene rings is 1. The molecule has 2 rings (SSSR count). The third-order valence-electron chi connectivity index (χ3n) is 2.76. The first-order valence-electron chi connectivity index (χ1n) is 5.78. The van der Waals surface area contributed by atoms with Crippen molar-refractivity contribution in [2.45, 2.75) is 19.0 Å². The van der Waals surface area contributed by atoms with E-state index in [1.807, 2.05) is 0 Å². The number of nitrogens with two attached hydrogens (primary N) is 1. The van der Waals surface area contributed by atoms with Crippen LogP contribution in [0.4, 0.5) is 13.2 Å². The Morgan fingerprint density at radius 3 is 2.58 bits per heavy atom. The van der Waals surface area contributed by atoms with Crippen LogP contribution in [0.3, 0.4) is 0 Å². The first-order valence-corrected chi connectivity index (χ1v) is 6.16. The first kappa shape index (κ1) is 14.1. The number of rotatable bonds is 3. The molecule has 0 bridgehead atoms. The van der Waals surface area contributed by atoms with Gasteiger partial charge >= 0.3 is 6.18 Å². The minimum atomic E-state index is -4.47. The van der Waals surface area contributed by atoms with E-state index in [1.165, 1.54) is 6.07 Å². The maximum Gasteiger partial charge on any atom is 0.418 e. The highest BCUT2D eigenvalue weighted by atomic mass is 35.5. The lowest BCUT2D eigenvalue weighted by atomic mass is 10.1. The van der Waals surface area contributed by atoms with Crippen LogP contribution in [0.25, 0.3) is 10.9 Å². The highest BCUT2D eigenvalue weighted by Gasteiger charge is 2.33. The molecule has 102 valence electrons. The monoisotopic (exact) mass is 288 g/mol. The molecular weight excluding hydrogens is 277 g/mol. The number of fused-ring (bicyclic) bond motifs is 1. The van der Waals surface area contributed by atoms with E-state index < -0.39 is 11.7 Å². The Bertz CT molecular complexity index is 596. The van der Waals surface area contributed by atoms with Crippen molar-refractivity contribution in [3.63, 3.8) is 0 Å². The summed E-state index contributed by atoms with van der Waals surface area (Å²) in [6.07, 6.45) is -3.22. The van der Waals surface area contributed by atoms with E-state index >= 15 is 0 Å². The van der Waals surface area contributed by atoms with E-state index in [-0.39, 0.29) is 10.5 Å². The van der Waals surface area contributed by atoms with Crippen molar-refractivity contribution in [2.75, 3.05) is 6.54 Å². The molecule has 2 nitrogen and oxygen atoms in total. The van der Waals surface area contributed by atoms with Gasteiger partial charge in [0.2, 0.25) is 0 Å². The van der Waals surface area contributed by atoms with Crippen molar-refractivity contribution in [1.82, 2.24) is 4.98 Å². The van der Waals surface area contributed by atoms with Gasteiger partial charge in [-0.15, -0.1) is 0 Å². The Morgan fingerprint density at radius 2 is 1.95 bits per heavy atom. The number of aromatic nitrogens is 1. The molecule has 0 saturated heterocycles. The third kappa shape index (κ3) is 3.16. The second-order valence-electron chi connectivity index (χ2n) is 4.22. The minimum absolute atomic E-state index is 0.0522. The molecule has 0 saturated carbocycles. The maximum atomic E-state index is 13.0. The van der Waals surface area contributed by atoms with E-state index in [0.29, 0.717) is 30.5 Å². The molecule has 1 aromatic heterocycles. The Hall–Kier alpha value is -1.33. The topological polar surface area (TPSA) is 38.9 Å². The molecule has 1 heterocycles. The normalized spacial score (nSPS) is 12.1. The van der Waals surface area contributed by atoms with Crippen LogP contribution in [0.5, 0.6) is 0 Å². The summed E-state index contributed by atoms with van der Waals surface area (Å²) in [5, 5.41) is 0.438. The van der Waals surface area contributed by atoms with Crippen molar-refractivity contribution >= 4 is 22.5 Å². The van der Waals surface area contributed by atoms with Gasteiger partial charge in [0.25, 0.3) is 0 Å². The third-order valence-corrected chi connectivity index (χ3v) is 2.98. The van der Waals surface area contributed by atoms with E-state index in [1.54, 1.807) is 12.1 Å². The Kier molecular flexibility index (Phi) is 3.96. The Labute approximate surface area is 113 Å². The highest BCUT2D eigenvalue weighted by Crippen LogP contribution is 2.36. The number of hydrogen-bond acceptors (Lipinski definition) is 2. The number of nitrogens with zero attached hydrogens (tertiary/aromatic N) is 1. The van der Waals surface area contributed by atoms with Gasteiger partial charge in [-0.25, -0.2) is 0 Å². The fourth-order valence-corrected chi connectivity index (χ4v) is 2.10. The van der Waals surface area contributed by atoms with Crippen LogP contribution in [-0.2, 0) is 12.6 Å². The molecule has 19 heavy (non-hydrogen) atoms. The van der Waals surface area contributed by atoms with Crippen LogP contribution in [0.1, 0.15) is 17.7 Å². The first-order chi connectivity index (χ1) is 8.91. The average molecular weight is 289 g/mol. The number of aryl methyl sites for hydroxylation is 1. The number of alkyl halides is 3. The molecule has 0 spiro atoms. The van der Waals surface area contributed by atoms with Crippen LogP contribution >= 0.6 is 11.6 Å². The van der Waals surface area contributed by atoms with Crippen LogP contribution < -0.4 is 5.73 Å². The van der Waals surface area contributed by atoms with E-state index in [0.717, 1.165) is 6.07 Å². The van der Waals surface area contributed by atoms with Gasteiger partial charge in [-0.1, -0.05) is 17.7 Å². The van der Waals surface area contributed by atoms with Gasteiger partial charge in [0, 0.05) is 16.1 Å². The fourth-order valence-electron chi connectivity index (χ4n) is 1.88. The summed E-state index contributed by atoms with van der Waals surface area (Å²) in [7, 11) is 0. The number of hydrogen-bond donors (Lipinski definition) is 1. The van der Waals surface area contributed by atoms with Gasteiger partial charge in [-0.05, 0) is 37.6 Å². The molecule has 0 atom stereocenters. The molecule has 0 aliphatic rings. The van der Waals surface area contributed by atoms with Crippen LogP contribution in [0.15, 0.2) is 24.3 Å². The summed E-state index contributed by atoms with van der Waals surface area (Å²) < 4.78 is 38.9. The summed E-state index contributed by atoms with van der Waals surface area (Å²) in [6, 6.07) is 5.69. The molecule has 0 aliphatic carbocycles. The smallest absolute Gasteiger partial charge is 0.330 e. The highest BCUT2D eigenvalue weighted by molar-refractivity contribution is 6.31. The zero-order valence-electron chi connectivity index (χ0n) is 9.97. The SMILES string of the molecule is NCCCc1ccc2cc(Cl)cc(C(F)(F)F)c2n1. The van der Waals surface area contributed by atoms with E-state index in [9.17, 15) is 13.2 Å². The van der Waals surface area contributed by atoms with Gasteiger partial charge in [-0.2, -0.15) is 13.2 Å². The molecule has 0 aliphatic heterocycles. The molecule has 2 N–H and O–H groups in total. The summed E-state index contributed by atoms with van der Waals surface area (Å²) in [4.78, 5) is 4.09. The molecule has 1 aromatic carbocycles. The zero-order chi connectivity index (χ0) is 14.0. The second kappa shape index (κ2) is 5.35. The molecule has 0 unspecified atom stereocenters. The summed E-state index contributed by atoms with van der Waals surface area (Å²) in [6.45, 7) is 0.479. The largest absolute Gasteiger partial charge is 0.418 e. The van der Waals surface area contributed by atoms with Crippen LogP contribution in [0, 0.1) is 0 Å². The number of pyridine rings is 1. The van der Waals surface area contributed by atoms with Crippen molar-refractivity contribution in [2.24, 2.45) is 5.73 Å².